The third kappa shape index (κ3) is 3.36. The van der Waals surface area contributed by atoms with Gasteiger partial charge in [0.2, 0.25) is 0 Å². The molecule has 0 bridgehead atoms. The van der Waals surface area contributed by atoms with Crippen LogP contribution in [-0.2, 0) is 13.0 Å². The van der Waals surface area contributed by atoms with Crippen molar-refractivity contribution in [1.82, 2.24) is 9.78 Å². The molecule has 0 aliphatic heterocycles. The summed E-state index contributed by atoms with van der Waals surface area (Å²) in [6.45, 7) is 2.86. The Labute approximate surface area is 121 Å². The summed E-state index contributed by atoms with van der Waals surface area (Å²) in [5.41, 5.74) is 1.80. The first-order chi connectivity index (χ1) is 9.13. The normalized spacial score (nSPS) is 12.4. The van der Waals surface area contributed by atoms with Crippen molar-refractivity contribution in [2.75, 3.05) is 7.11 Å². The van der Waals surface area contributed by atoms with Gasteiger partial charge in [-0.25, -0.2) is 0 Å². The summed E-state index contributed by atoms with van der Waals surface area (Å²) in [7, 11) is 1.60. The van der Waals surface area contributed by atoms with Gasteiger partial charge in [0, 0.05) is 29.2 Å². The van der Waals surface area contributed by atoms with Gasteiger partial charge in [0.05, 0.1) is 19.4 Å². The van der Waals surface area contributed by atoms with E-state index in [0.29, 0.717) is 12.2 Å². The molecule has 0 spiro atoms. The van der Waals surface area contributed by atoms with E-state index >= 15 is 0 Å². The lowest BCUT2D eigenvalue weighted by Crippen LogP contribution is -2.03. The molecule has 1 unspecified atom stereocenters. The molecule has 1 N–H and O–H groups in total. The highest BCUT2D eigenvalue weighted by atomic mass is 79.9. The van der Waals surface area contributed by atoms with Crippen molar-refractivity contribution in [1.29, 1.82) is 0 Å². The van der Waals surface area contributed by atoms with Gasteiger partial charge in [0.1, 0.15) is 5.75 Å². The van der Waals surface area contributed by atoms with E-state index in [1.54, 1.807) is 13.3 Å². The van der Waals surface area contributed by atoms with Gasteiger partial charge in [-0.05, 0) is 24.6 Å². The third-order valence-electron chi connectivity index (χ3n) is 2.99. The maximum Gasteiger partial charge on any atom is 0.125 e. The fourth-order valence-corrected chi connectivity index (χ4v) is 2.32. The molecule has 1 atom stereocenters. The van der Waals surface area contributed by atoms with Crippen LogP contribution in [0.2, 0.25) is 0 Å². The molecule has 1 aromatic carbocycles. The van der Waals surface area contributed by atoms with Gasteiger partial charge >= 0.3 is 0 Å². The van der Waals surface area contributed by atoms with Crippen molar-refractivity contribution in [3.05, 3.63) is 46.2 Å². The minimum atomic E-state index is -0.599. The maximum absolute atomic E-state index is 10.3. The predicted molar refractivity (Wildman–Crippen MR) is 77.3 cm³/mol. The first-order valence-electron chi connectivity index (χ1n) is 6.17. The second-order valence-electron chi connectivity index (χ2n) is 4.31. The average Bonchev–Trinajstić information content (AvgIpc) is 2.86. The van der Waals surface area contributed by atoms with E-state index in [1.165, 1.54) is 0 Å². The number of nitrogens with zero attached hydrogens (tertiary/aromatic N) is 2. The SMILES string of the molecule is CCn1cc(CC(O)c2ccc(Br)cc2OC)cn1. The number of rotatable bonds is 5. The summed E-state index contributed by atoms with van der Waals surface area (Å²) < 4.78 is 8.08. The second-order valence-corrected chi connectivity index (χ2v) is 5.23. The summed E-state index contributed by atoms with van der Waals surface area (Å²) in [5, 5.41) is 14.5. The van der Waals surface area contributed by atoms with E-state index in [0.717, 1.165) is 22.1 Å². The summed E-state index contributed by atoms with van der Waals surface area (Å²) in [4.78, 5) is 0. The van der Waals surface area contributed by atoms with Crippen LogP contribution in [0.15, 0.2) is 35.1 Å². The molecule has 0 saturated carbocycles. The Morgan fingerprint density at radius 2 is 2.26 bits per heavy atom. The molecule has 5 heteroatoms. The lowest BCUT2D eigenvalue weighted by molar-refractivity contribution is 0.174. The highest BCUT2D eigenvalue weighted by Crippen LogP contribution is 2.30. The molecule has 1 heterocycles. The Balaban J connectivity index is 2.17. The predicted octanol–water partition coefficient (Wildman–Crippen LogP) is 2.95. The van der Waals surface area contributed by atoms with Gasteiger partial charge in [0.15, 0.2) is 0 Å². The second kappa shape index (κ2) is 6.21. The zero-order valence-corrected chi connectivity index (χ0v) is 12.6. The van der Waals surface area contributed by atoms with Crippen molar-refractivity contribution in [2.24, 2.45) is 0 Å². The standard InChI is InChI=1S/C14H17BrN2O2/c1-3-17-9-10(8-16-17)6-13(18)12-5-4-11(15)7-14(12)19-2/h4-5,7-9,13,18H,3,6H2,1-2H3. The van der Waals surface area contributed by atoms with E-state index in [9.17, 15) is 5.11 Å². The molecule has 102 valence electrons. The van der Waals surface area contributed by atoms with E-state index in [-0.39, 0.29) is 0 Å². The van der Waals surface area contributed by atoms with Gasteiger partial charge in [-0.2, -0.15) is 5.10 Å². The Kier molecular flexibility index (Phi) is 4.61. The highest BCUT2D eigenvalue weighted by molar-refractivity contribution is 9.10. The number of methoxy groups -OCH3 is 1. The zero-order valence-electron chi connectivity index (χ0n) is 11.0. The van der Waals surface area contributed by atoms with Crippen LogP contribution in [0.1, 0.15) is 24.2 Å². The lowest BCUT2D eigenvalue weighted by atomic mass is 10.0. The number of aryl methyl sites for hydroxylation is 1. The van der Waals surface area contributed by atoms with Crippen molar-refractivity contribution < 1.29 is 9.84 Å². The minimum Gasteiger partial charge on any atom is -0.496 e. The molecular weight excluding hydrogens is 308 g/mol. The van der Waals surface area contributed by atoms with Crippen LogP contribution in [0.4, 0.5) is 0 Å². The summed E-state index contributed by atoms with van der Waals surface area (Å²) in [6.07, 6.45) is 3.67. The van der Waals surface area contributed by atoms with Crippen LogP contribution in [0.3, 0.4) is 0 Å². The van der Waals surface area contributed by atoms with Crippen LogP contribution in [0, 0.1) is 0 Å². The molecule has 0 aliphatic rings. The third-order valence-corrected chi connectivity index (χ3v) is 3.49. The molecule has 4 nitrogen and oxygen atoms in total. The Morgan fingerprint density at radius 3 is 2.89 bits per heavy atom. The average molecular weight is 325 g/mol. The van der Waals surface area contributed by atoms with Crippen molar-refractivity contribution >= 4 is 15.9 Å². The van der Waals surface area contributed by atoms with Gasteiger partial charge in [-0.15, -0.1) is 0 Å². The first-order valence-corrected chi connectivity index (χ1v) is 6.96. The largest absolute Gasteiger partial charge is 0.496 e. The molecule has 0 radical (unpaired) electrons. The van der Waals surface area contributed by atoms with Gasteiger partial charge in [-0.3, -0.25) is 4.68 Å². The number of hydrogen-bond donors (Lipinski definition) is 1. The molecule has 19 heavy (non-hydrogen) atoms. The highest BCUT2D eigenvalue weighted by Gasteiger charge is 2.15. The lowest BCUT2D eigenvalue weighted by Gasteiger charge is -2.14. The summed E-state index contributed by atoms with van der Waals surface area (Å²) in [5.74, 6) is 0.685. The number of aliphatic hydroxyl groups excluding tert-OH is 1. The molecular formula is C14H17BrN2O2. The molecule has 0 fully saturated rings. The number of ether oxygens (including phenoxy) is 1. The van der Waals surface area contributed by atoms with Gasteiger partial charge in [-0.1, -0.05) is 22.0 Å². The maximum atomic E-state index is 10.3. The Bertz CT molecular complexity index is 554. The minimum absolute atomic E-state index is 0.526. The number of benzene rings is 1. The monoisotopic (exact) mass is 324 g/mol. The molecule has 2 rings (SSSR count). The van der Waals surface area contributed by atoms with Crippen molar-refractivity contribution in [3.63, 3.8) is 0 Å². The van der Waals surface area contributed by atoms with Gasteiger partial charge in [0.25, 0.3) is 0 Å². The molecule has 1 aromatic heterocycles. The molecule has 0 aliphatic carbocycles. The number of aromatic nitrogens is 2. The van der Waals surface area contributed by atoms with Crippen LogP contribution in [0.5, 0.6) is 5.75 Å². The van der Waals surface area contributed by atoms with Crippen molar-refractivity contribution in [2.45, 2.75) is 26.0 Å². The van der Waals surface area contributed by atoms with Crippen LogP contribution >= 0.6 is 15.9 Å². The Morgan fingerprint density at radius 1 is 1.47 bits per heavy atom. The first kappa shape index (κ1) is 14.1. The smallest absolute Gasteiger partial charge is 0.125 e. The van der Waals surface area contributed by atoms with Gasteiger partial charge < -0.3 is 9.84 Å². The summed E-state index contributed by atoms with van der Waals surface area (Å²) >= 11 is 3.39. The van der Waals surface area contributed by atoms with Crippen molar-refractivity contribution in [3.8, 4) is 5.75 Å². The van der Waals surface area contributed by atoms with Crippen LogP contribution in [-0.4, -0.2) is 22.0 Å². The quantitative estimate of drug-likeness (QED) is 0.919. The molecule has 2 aromatic rings. The van der Waals surface area contributed by atoms with Crippen LogP contribution in [0.25, 0.3) is 0 Å². The fraction of sp³-hybridized carbons (Fsp3) is 0.357. The van der Waals surface area contributed by atoms with E-state index in [2.05, 4.69) is 21.0 Å². The molecule has 0 saturated heterocycles. The number of halogens is 1. The number of hydrogen-bond acceptors (Lipinski definition) is 3. The van der Waals surface area contributed by atoms with Crippen LogP contribution < -0.4 is 4.74 Å². The van der Waals surface area contributed by atoms with E-state index in [1.807, 2.05) is 36.0 Å². The summed E-state index contributed by atoms with van der Waals surface area (Å²) in [6, 6.07) is 5.63. The fourth-order valence-electron chi connectivity index (χ4n) is 1.98. The number of aliphatic hydroxyl groups is 1. The Hall–Kier alpha value is -1.33. The molecule has 0 amide bonds. The van der Waals surface area contributed by atoms with E-state index < -0.39 is 6.10 Å². The zero-order chi connectivity index (χ0) is 13.8. The topological polar surface area (TPSA) is 47.3 Å². The van der Waals surface area contributed by atoms with E-state index in [4.69, 9.17) is 4.74 Å².